The highest BCUT2D eigenvalue weighted by Crippen LogP contribution is 2.26. The molecule has 1 heterocycles. The summed E-state index contributed by atoms with van der Waals surface area (Å²) < 4.78 is 5.51. The van der Waals surface area contributed by atoms with Gasteiger partial charge in [0.1, 0.15) is 5.75 Å². The molecule has 4 aromatic rings. The second kappa shape index (κ2) is 9.00. The molecule has 1 N–H and O–H groups in total. The van der Waals surface area contributed by atoms with Crippen LogP contribution in [-0.2, 0) is 0 Å². The van der Waals surface area contributed by atoms with Crippen molar-refractivity contribution in [3.8, 4) is 17.0 Å². The standard InChI is InChI=1S/C27H26N2O2/c1-4-31-22-14-12-20(13-15-22)19(3)28-27(30)24-17-26(21-9-7-8-18(2)16-21)29-25-11-6-5-10-23(24)25/h5-17,19H,4H2,1-3H3,(H,28,30)/t19-/m0/s1. The van der Waals surface area contributed by atoms with Gasteiger partial charge in [-0.05, 0) is 56.7 Å². The summed E-state index contributed by atoms with van der Waals surface area (Å²) in [5, 5.41) is 3.98. The number of hydrogen-bond donors (Lipinski definition) is 1. The quantitative estimate of drug-likeness (QED) is 0.418. The Morgan fingerprint density at radius 3 is 2.52 bits per heavy atom. The first-order chi connectivity index (χ1) is 15.0. The molecule has 4 heteroatoms. The van der Waals surface area contributed by atoms with E-state index in [2.05, 4.69) is 24.4 Å². The Labute approximate surface area is 182 Å². The zero-order valence-electron chi connectivity index (χ0n) is 18.1. The van der Waals surface area contributed by atoms with Crippen molar-refractivity contribution in [1.82, 2.24) is 10.3 Å². The first-order valence-electron chi connectivity index (χ1n) is 10.6. The zero-order chi connectivity index (χ0) is 21.8. The Balaban J connectivity index is 1.66. The molecule has 1 aromatic heterocycles. The number of ether oxygens (including phenoxy) is 1. The minimum absolute atomic E-state index is 0.117. The van der Waals surface area contributed by atoms with Gasteiger partial charge in [0, 0.05) is 10.9 Å². The summed E-state index contributed by atoms with van der Waals surface area (Å²) >= 11 is 0. The molecule has 0 saturated heterocycles. The van der Waals surface area contributed by atoms with Crippen molar-refractivity contribution in [1.29, 1.82) is 0 Å². The molecule has 0 spiro atoms. The van der Waals surface area contributed by atoms with Crippen molar-refractivity contribution in [2.45, 2.75) is 26.8 Å². The zero-order valence-corrected chi connectivity index (χ0v) is 18.1. The van der Waals surface area contributed by atoms with Gasteiger partial charge in [0.2, 0.25) is 0 Å². The van der Waals surface area contributed by atoms with Crippen molar-refractivity contribution in [3.63, 3.8) is 0 Å². The van der Waals surface area contributed by atoms with Gasteiger partial charge in [0.15, 0.2) is 0 Å². The van der Waals surface area contributed by atoms with Crippen LogP contribution in [0.1, 0.15) is 41.4 Å². The molecule has 0 bridgehead atoms. The molecule has 156 valence electrons. The van der Waals surface area contributed by atoms with E-state index in [1.807, 2.05) is 80.6 Å². The van der Waals surface area contributed by atoms with Gasteiger partial charge in [0.25, 0.3) is 5.91 Å². The average Bonchev–Trinajstić information content (AvgIpc) is 2.79. The average molecular weight is 411 g/mol. The van der Waals surface area contributed by atoms with Crippen LogP contribution in [0.15, 0.2) is 78.9 Å². The predicted molar refractivity (Wildman–Crippen MR) is 125 cm³/mol. The monoisotopic (exact) mass is 410 g/mol. The van der Waals surface area contributed by atoms with E-state index < -0.39 is 0 Å². The molecule has 0 fully saturated rings. The maximum absolute atomic E-state index is 13.3. The van der Waals surface area contributed by atoms with Crippen LogP contribution in [0, 0.1) is 6.92 Å². The van der Waals surface area contributed by atoms with Gasteiger partial charge in [-0.15, -0.1) is 0 Å². The second-order valence-corrected chi connectivity index (χ2v) is 7.64. The number of hydrogen-bond acceptors (Lipinski definition) is 3. The molecule has 0 aliphatic rings. The van der Waals surface area contributed by atoms with E-state index in [0.717, 1.165) is 39.0 Å². The summed E-state index contributed by atoms with van der Waals surface area (Å²) in [6, 6.07) is 25.5. The van der Waals surface area contributed by atoms with E-state index >= 15 is 0 Å². The van der Waals surface area contributed by atoms with Crippen LogP contribution in [0.4, 0.5) is 0 Å². The lowest BCUT2D eigenvalue weighted by atomic mass is 10.0. The molecule has 0 unspecified atom stereocenters. The van der Waals surface area contributed by atoms with Gasteiger partial charge < -0.3 is 10.1 Å². The van der Waals surface area contributed by atoms with Crippen LogP contribution >= 0.6 is 0 Å². The normalized spacial score (nSPS) is 11.8. The predicted octanol–water partition coefficient (Wildman–Crippen LogP) is 6.10. The van der Waals surface area contributed by atoms with E-state index in [9.17, 15) is 4.79 Å². The Morgan fingerprint density at radius 2 is 1.77 bits per heavy atom. The number of para-hydroxylation sites is 1. The van der Waals surface area contributed by atoms with Crippen molar-refractivity contribution in [2.24, 2.45) is 0 Å². The second-order valence-electron chi connectivity index (χ2n) is 7.64. The number of carbonyl (C=O) groups excluding carboxylic acids is 1. The van der Waals surface area contributed by atoms with Gasteiger partial charge in [-0.2, -0.15) is 0 Å². The van der Waals surface area contributed by atoms with Gasteiger partial charge in [-0.1, -0.05) is 54.1 Å². The minimum Gasteiger partial charge on any atom is -0.494 e. The Bertz CT molecular complexity index is 1220. The molecule has 1 atom stereocenters. The Hall–Kier alpha value is -3.66. The third-order valence-corrected chi connectivity index (χ3v) is 5.31. The van der Waals surface area contributed by atoms with Crippen molar-refractivity contribution >= 4 is 16.8 Å². The Kier molecular flexibility index (Phi) is 5.99. The number of nitrogens with zero attached hydrogens (tertiary/aromatic N) is 1. The third kappa shape index (κ3) is 4.58. The highest BCUT2D eigenvalue weighted by molar-refractivity contribution is 6.07. The van der Waals surface area contributed by atoms with Gasteiger partial charge in [0.05, 0.1) is 29.4 Å². The van der Waals surface area contributed by atoms with Crippen molar-refractivity contribution in [2.75, 3.05) is 6.61 Å². The Morgan fingerprint density at radius 1 is 1.00 bits per heavy atom. The summed E-state index contributed by atoms with van der Waals surface area (Å²) in [5.74, 6) is 0.710. The van der Waals surface area contributed by atoms with E-state index in [1.165, 1.54) is 0 Å². The number of rotatable bonds is 6. The number of benzene rings is 3. The molecule has 4 rings (SSSR count). The van der Waals surface area contributed by atoms with E-state index in [-0.39, 0.29) is 11.9 Å². The fourth-order valence-electron chi connectivity index (χ4n) is 3.69. The molecule has 31 heavy (non-hydrogen) atoms. The lowest BCUT2D eigenvalue weighted by Crippen LogP contribution is -2.27. The van der Waals surface area contributed by atoms with Crippen LogP contribution in [0.2, 0.25) is 0 Å². The maximum Gasteiger partial charge on any atom is 0.252 e. The summed E-state index contributed by atoms with van der Waals surface area (Å²) in [5.41, 5.74) is 5.40. The molecule has 3 aromatic carbocycles. The van der Waals surface area contributed by atoms with Crippen LogP contribution in [-0.4, -0.2) is 17.5 Å². The number of carbonyl (C=O) groups is 1. The van der Waals surface area contributed by atoms with E-state index in [1.54, 1.807) is 0 Å². The number of fused-ring (bicyclic) bond motifs is 1. The van der Waals surface area contributed by atoms with Crippen molar-refractivity contribution < 1.29 is 9.53 Å². The van der Waals surface area contributed by atoms with Crippen LogP contribution in [0.3, 0.4) is 0 Å². The highest BCUT2D eigenvalue weighted by atomic mass is 16.5. The highest BCUT2D eigenvalue weighted by Gasteiger charge is 2.17. The van der Waals surface area contributed by atoms with Crippen molar-refractivity contribution in [3.05, 3.63) is 95.6 Å². The van der Waals surface area contributed by atoms with Crippen LogP contribution in [0.25, 0.3) is 22.2 Å². The number of amides is 1. The molecule has 0 saturated carbocycles. The minimum atomic E-state index is -0.141. The topological polar surface area (TPSA) is 51.2 Å². The number of nitrogens with one attached hydrogen (secondary N) is 1. The lowest BCUT2D eigenvalue weighted by molar-refractivity contribution is 0.0941. The summed E-state index contributed by atoms with van der Waals surface area (Å²) in [7, 11) is 0. The fraction of sp³-hybridized carbons (Fsp3) is 0.185. The van der Waals surface area contributed by atoms with Crippen LogP contribution < -0.4 is 10.1 Å². The molecular formula is C27H26N2O2. The SMILES string of the molecule is CCOc1ccc([C@H](C)NC(=O)c2cc(-c3cccc(C)c3)nc3ccccc23)cc1. The van der Waals surface area contributed by atoms with Gasteiger partial charge in [-0.3, -0.25) is 4.79 Å². The van der Waals surface area contributed by atoms with E-state index in [0.29, 0.717) is 12.2 Å². The third-order valence-electron chi connectivity index (χ3n) is 5.31. The first kappa shape index (κ1) is 20.6. The first-order valence-corrected chi connectivity index (χ1v) is 10.6. The molecule has 4 nitrogen and oxygen atoms in total. The largest absolute Gasteiger partial charge is 0.494 e. The van der Waals surface area contributed by atoms with Gasteiger partial charge >= 0.3 is 0 Å². The number of aryl methyl sites for hydroxylation is 1. The maximum atomic E-state index is 13.3. The lowest BCUT2D eigenvalue weighted by Gasteiger charge is -2.16. The number of pyridine rings is 1. The smallest absolute Gasteiger partial charge is 0.252 e. The summed E-state index contributed by atoms with van der Waals surface area (Å²) in [6.07, 6.45) is 0. The van der Waals surface area contributed by atoms with E-state index in [4.69, 9.17) is 9.72 Å². The van der Waals surface area contributed by atoms with Gasteiger partial charge in [-0.25, -0.2) is 4.98 Å². The number of aromatic nitrogens is 1. The summed E-state index contributed by atoms with van der Waals surface area (Å²) in [6.45, 7) is 6.62. The molecule has 0 aliphatic carbocycles. The molecule has 0 radical (unpaired) electrons. The molecular weight excluding hydrogens is 384 g/mol. The van der Waals surface area contributed by atoms with Crippen LogP contribution in [0.5, 0.6) is 5.75 Å². The molecule has 0 aliphatic heterocycles. The summed E-state index contributed by atoms with van der Waals surface area (Å²) in [4.78, 5) is 18.1. The molecule has 1 amide bonds. The fourth-order valence-corrected chi connectivity index (χ4v) is 3.69.